The minimum atomic E-state index is 0.0976. The van der Waals surface area contributed by atoms with Gasteiger partial charge in [-0.15, -0.1) is 0 Å². The van der Waals surface area contributed by atoms with Crippen LogP contribution >= 0.6 is 0 Å². The van der Waals surface area contributed by atoms with Crippen LogP contribution in [0.3, 0.4) is 0 Å². The molecule has 0 aliphatic carbocycles. The van der Waals surface area contributed by atoms with Gasteiger partial charge in [0.2, 0.25) is 0 Å². The maximum Gasteiger partial charge on any atom is 0.129 e. The zero-order valence-corrected chi connectivity index (χ0v) is 11.2. The van der Waals surface area contributed by atoms with E-state index in [1.54, 1.807) is 0 Å². The molecule has 4 heteroatoms. The molecular weight excluding hydrogens is 244 g/mol. The zero-order chi connectivity index (χ0) is 13.5. The lowest BCUT2D eigenvalue weighted by Crippen LogP contribution is -1.92. The highest BCUT2D eigenvalue weighted by Crippen LogP contribution is 2.13. The van der Waals surface area contributed by atoms with Crippen molar-refractivity contribution in [3.8, 4) is 0 Å². The van der Waals surface area contributed by atoms with Gasteiger partial charge >= 0.3 is 0 Å². The van der Waals surface area contributed by atoms with E-state index < -0.39 is 0 Å². The van der Waals surface area contributed by atoms with Gasteiger partial charge in [-0.1, -0.05) is 6.92 Å². The van der Waals surface area contributed by atoms with E-state index in [2.05, 4.69) is 6.92 Å². The van der Waals surface area contributed by atoms with Crippen molar-refractivity contribution in [2.24, 2.45) is 0 Å². The van der Waals surface area contributed by atoms with Gasteiger partial charge in [-0.2, -0.15) is 0 Å². The second-order valence-corrected chi connectivity index (χ2v) is 4.45. The van der Waals surface area contributed by atoms with Crippen molar-refractivity contribution in [3.05, 3.63) is 47.3 Å². The minimum Gasteiger partial charge on any atom is -0.464 e. The highest BCUT2D eigenvalue weighted by atomic mass is 16.5. The van der Waals surface area contributed by atoms with Crippen LogP contribution in [0.5, 0.6) is 0 Å². The number of hydrogen-bond acceptors (Lipinski definition) is 4. The second kappa shape index (κ2) is 7.16. The third-order valence-electron chi connectivity index (χ3n) is 2.78. The molecule has 0 aliphatic heterocycles. The Hall–Kier alpha value is -1.52. The third-order valence-corrected chi connectivity index (χ3v) is 2.78. The Morgan fingerprint density at radius 2 is 1.42 bits per heavy atom. The molecule has 0 atom stereocenters. The van der Waals surface area contributed by atoms with Crippen LogP contribution in [0, 0.1) is 0 Å². The van der Waals surface area contributed by atoms with E-state index in [-0.39, 0.29) is 6.61 Å². The summed E-state index contributed by atoms with van der Waals surface area (Å²) < 4.78 is 16.6. The van der Waals surface area contributed by atoms with Gasteiger partial charge in [0.05, 0.1) is 6.61 Å². The van der Waals surface area contributed by atoms with Crippen LogP contribution in [0.25, 0.3) is 0 Å². The van der Waals surface area contributed by atoms with Gasteiger partial charge in [-0.25, -0.2) is 0 Å². The van der Waals surface area contributed by atoms with Crippen molar-refractivity contribution in [1.82, 2.24) is 0 Å². The lowest BCUT2D eigenvalue weighted by atomic mass is 10.3. The molecule has 0 unspecified atom stereocenters. The SMILES string of the molecule is CCCc1ccc(COCc2ccc(CCO)o2)o1. The molecule has 0 radical (unpaired) electrons. The maximum atomic E-state index is 8.80. The van der Waals surface area contributed by atoms with E-state index in [1.807, 2.05) is 24.3 Å². The first kappa shape index (κ1) is 13.9. The molecule has 2 heterocycles. The van der Waals surface area contributed by atoms with Crippen molar-refractivity contribution in [2.75, 3.05) is 6.61 Å². The molecule has 1 N–H and O–H groups in total. The molecule has 2 aromatic heterocycles. The van der Waals surface area contributed by atoms with Crippen molar-refractivity contribution in [2.45, 2.75) is 39.4 Å². The summed E-state index contributed by atoms with van der Waals surface area (Å²) in [7, 11) is 0. The summed E-state index contributed by atoms with van der Waals surface area (Å²) in [6, 6.07) is 7.68. The number of furan rings is 2. The normalized spacial score (nSPS) is 11.1. The van der Waals surface area contributed by atoms with Crippen LogP contribution in [0.4, 0.5) is 0 Å². The van der Waals surface area contributed by atoms with E-state index in [9.17, 15) is 0 Å². The average Bonchev–Trinajstić information content (AvgIpc) is 3.01. The van der Waals surface area contributed by atoms with E-state index in [4.69, 9.17) is 18.7 Å². The predicted molar refractivity (Wildman–Crippen MR) is 70.7 cm³/mol. The van der Waals surface area contributed by atoms with Gasteiger partial charge in [-0.05, 0) is 30.7 Å². The fraction of sp³-hybridized carbons (Fsp3) is 0.467. The lowest BCUT2D eigenvalue weighted by molar-refractivity contribution is 0.0787. The topological polar surface area (TPSA) is 55.7 Å². The minimum absolute atomic E-state index is 0.0976. The van der Waals surface area contributed by atoms with E-state index >= 15 is 0 Å². The molecule has 104 valence electrons. The number of hydrogen-bond donors (Lipinski definition) is 1. The monoisotopic (exact) mass is 264 g/mol. The molecule has 0 bridgehead atoms. The van der Waals surface area contributed by atoms with Crippen LogP contribution in [0.1, 0.15) is 36.4 Å². The smallest absolute Gasteiger partial charge is 0.129 e. The van der Waals surface area contributed by atoms with E-state index in [0.29, 0.717) is 19.6 Å². The maximum absolute atomic E-state index is 8.80. The summed E-state index contributed by atoms with van der Waals surface area (Å²) in [6.07, 6.45) is 2.58. The number of rotatable bonds is 8. The number of aliphatic hydroxyl groups is 1. The number of aliphatic hydroxyl groups excluding tert-OH is 1. The average molecular weight is 264 g/mol. The molecule has 0 spiro atoms. The molecule has 0 saturated heterocycles. The van der Waals surface area contributed by atoms with Crippen molar-refractivity contribution in [1.29, 1.82) is 0 Å². The first-order valence-electron chi connectivity index (χ1n) is 6.65. The standard InChI is InChI=1S/C15H20O4/c1-2-3-12-4-6-14(18-12)10-17-11-15-7-5-13(19-15)8-9-16/h4-7,16H,2-3,8-11H2,1H3. The first-order chi connectivity index (χ1) is 9.31. The molecular formula is C15H20O4. The first-order valence-corrected chi connectivity index (χ1v) is 6.65. The Balaban J connectivity index is 1.75. The summed E-state index contributed by atoms with van der Waals surface area (Å²) >= 11 is 0. The second-order valence-electron chi connectivity index (χ2n) is 4.45. The summed E-state index contributed by atoms with van der Waals surface area (Å²) in [4.78, 5) is 0. The van der Waals surface area contributed by atoms with Crippen molar-refractivity contribution < 1.29 is 18.7 Å². The molecule has 2 aromatic rings. The third kappa shape index (κ3) is 4.26. The Kier molecular flexibility index (Phi) is 5.24. The summed E-state index contributed by atoms with van der Waals surface area (Å²) in [5, 5.41) is 8.80. The van der Waals surface area contributed by atoms with Gasteiger partial charge in [-0.3, -0.25) is 0 Å². The molecule has 4 nitrogen and oxygen atoms in total. The van der Waals surface area contributed by atoms with Crippen LogP contribution < -0.4 is 0 Å². The van der Waals surface area contributed by atoms with Crippen molar-refractivity contribution >= 4 is 0 Å². The van der Waals surface area contributed by atoms with Crippen LogP contribution in [-0.4, -0.2) is 11.7 Å². The molecule has 2 rings (SSSR count). The Labute approximate surface area is 113 Å². The Morgan fingerprint density at radius 3 is 1.95 bits per heavy atom. The highest BCUT2D eigenvalue weighted by molar-refractivity contribution is 5.08. The van der Waals surface area contributed by atoms with Gasteiger partial charge in [0.1, 0.15) is 36.3 Å². The highest BCUT2D eigenvalue weighted by Gasteiger charge is 2.04. The molecule has 0 aromatic carbocycles. The molecule has 0 aliphatic rings. The van der Waals surface area contributed by atoms with Gasteiger partial charge in [0, 0.05) is 12.8 Å². The fourth-order valence-corrected chi connectivity index (χ4v) is 1.88. The molecule has 0 saturated carbocycles. The molecule has 0 fully saturated rings. The Morgan fingerprint density at radius 1 is 0.895 bits per heavy atom. The quantitative estimate of drug-likeness (QED) is 0.796. The van der Waals surface area contributed by atoms with Gasteiger partial charge < -0.3 is 18.7 Å². The Bertz CT molecular complexity index is 440. The number of aryl methyl sites for hydroxylation is 1. The molecule has 19 heavy (non-hydrogen) atoms. The lowest BCUT2D eigenvalue weighted by Gasteiger charge is -2.00. The molecule has 0 amide bonds. The fourth-order valence-electron chi connectivity index (χ4n) is 1.88. The zero-order valence-electron chi connectivity index (χ0n) is 11.2. The van der Waals surface area contributed by atoms with E-state index in [1.165, 1.54) is 0 Å². The summed E-state index contributed by atoms with van der Waals surface area (Å²) in [5.41, 5.74) is 0. The summed E-state index contributed by atoms with van der Waals surface area (Å²) in [5.74, 6) is 3.39. The van der Waals surface area contributed by atoms with Crippen LogP contribution in [0.15, 0.2) is 33.1 Å². The van der Waals surface area contributed by atoms with Crippen LogP contribution in [0.2, 0.25) is 0 Å². The van der Waals surface area contributed by atoms with Gasteiger partial charge in [0.25, 0.3) is 0 Å². The number of ether oxygens (including phenoxy) is 1. The summed E-state index contributed by atoms with van der Waals surface area (Å²) in [6.45, 7) is 3.08. The van der Waals surface area contributed by atoms with Crippen LogP contribution in [-0.2, 0) is 30.8 Å². The largest absolute Gasteiger partial charge is 0.464 e. The van der Waals surface area contributed by atoms with E-state index in [0.717, 1.165) is 35.9 Å². The van der Waals surface area contributed by atoms with Gasteiger partial charge in [0.15, 0.2) is 0 Å². The predicted octanol–water partition coefficient (Wildman–Crippen LogP) is 3.08. The van der Waals surface area contributed by atoms with Crippen molar-refractivity contribution in [3.63, 3.8) is 0 Å².